The zero-order valence-corrected chi connectivity index (χ0v) is 18.9. The van der Waals surface area contributed by atoms with Gasteiger partial charge in [-0.25, -0.2) is 0 Å². The number of rotatable bonds is 1. The van der Waals surface area contributed by atoms with Crippen molar-refractivity contribution in [2.45, 2.75) is 38.9 Å². The lowest BCUT2D eigenvalue weighted by Gasteiger charge is -2.21. The molecule has 0 aromatic heterocycles. The average Bonchev–Trinajstić information content (AvgIpc) is 2.87. The minimum atomic E-state index is -1.47. The molecular formula is C26H25ClSi. The predicted molar refractivity (Wildman–Crippen MR) is 125 cm³/mol. The third kappa shape index (κ3) is 3.32. The van der Waals surface area contributed by atoms with E-state index in [1.54, 1.807) is 0 Å². The number of hydrogen-bond donors (Lipinski definition) is 0. The molecule has 0 radical (unpaired) electrons. The van der Waals surface area contributed by atoms with Gasteiger partial charge in [0.1, 0.15) is 8.07 Å². The van der Waals surface area contributed by atoms with Gasteiger partial charge in [-0.05, 0) is 51.6 Å². The van der Waals surface area contributed by atoms with Crippen molar-refractivity contribution in [1.82, 2.24) is 0 Å². The van der Waals surface area contributed by atoms with Crippen molar-refractivity contribution in [3.63, 3.8) is 0 Å². The second-order valence-corrected chi connectivity index (χ2v) is 14.3. The molecule has 0 heterocycles. The van der Waals surface area contributed by atoms with Crippen LogP contribution in [0.2, 0.25) is 24.7 Å². The molecule has 0 atom stereocenters. The highest BCUT2D eigenvalue weighted by Crippen LogP contribution is 2.49. The first-order chi connectivity index (χ1) is 13.2. The highest BCUT2D eigenvalue weighted by atomic mass is 35.5. The Morgan fingerprint density at radius 2 is 1.50 bits per heavy atom. The van der Waals surface area contributed by atoms with Gasteiger partial charge >= 0.3 is 0 Å². The van der Waals surface area contributed by atoms with Crippen LogP contribution < -0.4 is 0 Å². The normalized spacial score (nSPS) is 14.1. The molecule has 0 amide bonds. The molecular weight excluding hydrogens is 376 g/mol. The molecule has 0 fully saturated rings. The van der Waals surface area contributed by atoms with E-state index in [1.165, 1.54) is 27.8 Å². The second-order valence-electron chi connectivity index (χ2n) is 9.12. The summed E-state index contributed by atoms with van der Waals surface area (Å²) in [7, 11) is -1.47. The molecule has 28 heavy (non-hydrogen) atoms. The van der Waals surface area contributed by atoms with Crippen LogP contribution in [0.1, 0.15) is 30.5 Å². The van der Waals surface area contributed by atoms with E-state index in [0.717, 1.165) is 16.1 Å². The van der Waals surface area contributed by atoms with Crippen LogP contribution in [0, 0.1) is 11.5 Å². The summed E-state index contributed by atoms with van der Waals surface area (Å²) in [5, 5.41) is 0.733. The minimum Gasteiger partial charge on any atom is -0.127 e. The molecule has 1 aliphatic rings. The molecule has 0 saturated heterocycles. The molecule has 0 N–H and O–H groups in total. The molecule has 3 aromatic carbocycles. The van der Waals surface area contributed by atoms with E-state index < -0.39 is 8.07 Å². The van der Waals surface area contributed by atoms with E-state index in [9.17, 15) is 0 Å². The summed E-state index contributed by atoms with van der Waals surface area (Å²) in [6.45, 7) is 11.4. The van der Waals surface area contributed by atoms with Crippen molar-refractivity contribution in [1.29, 1.82) is 0 Å². The van der Waals surface area contributed by atoms with Gasteiger partial charge in [-0.3, -0.25) is 0 Å². The lowest BCUT2D eigenvalue weighted by Crippen LogP contribution is -2.16. The Morgan fingerprint density at radius 1 is 0.786 bits per heavy atom. The van der Waals surface area contributed by atoms with Crippen molar-refractivity contribution in [3.8, 4) is 33.7 Å². The maximum atomic E-state index is 6.30. The summed E-state index contributed by atoms with van der Waals surface area (Å²) < 4.78 is 0. The van der Waals surface area contributed by atoms with E-state index in [2.05, 4.69) is 93.5 Å². The topological polar surface area (TPSA) is 0 Å². The Hall–Kier alpha value is -2.27. The largest absolute Gasteiger partial charge is 0.129 e. The summed E-state index contributed by atoms with van der Waals surface area (Å²) in [6.07, 6.45) is 0. The van der Waals surface area contributed by atoms with Gasteiger partial charge < -0.3 is 0 Å². The number of halogens is 1. The summed E-state index contributed by atoms with van der Waals surface area (Å²) in [4.78, 5) is 0. The molecule has 2 heteroatoms. The van der Waals surface area contributed by atoms with E-state index >= 15 is 0 Å². The molecule has 0 saturated carbocycles. The zero-order valence-electron chi connectivity index (χ0n) is 17.2. The van der Waals surface area contributed by atoms with Gasteiger partial charge in [-0.1, -0.05) is 93.5 Å². The SMILES string of the molecule is CC1(C)c2ccccc2-c2cc(-c3ccc(Cl)cc3C#C[Si](C)(C)C)ccc21. The summed E-state index contributed by atoms with van der Waals surface area (Å²) >= 11 is 6.30. The molecule has 4 rings (SSSR count). The van der Waals surface area contributed by atoms with Gasteiger partial charge in [0.05, 0.1) is 0 Å². The first-order valence-corrected chi connectivity index (χ1v) is 13.6. The molecule has 0 unspecified atom stereocenters. The van der Waals surface area contributed by atoms with Crippen LogP contribution in [-0.4, -0.2) is 8.07 Å². The maximum Gasteiger partial charge on any atom is 0.129 e. The Labute approximate surface area is 174 Å². The second kappa shape index (κ2) is 6.66. The lowest BCUT2D eigenvalue weighted by molar-refractivity contribution is 0.660. The maximum absolute atomic E-state index is 6.30. The predicted octanol–water partition coefficient (Wildman–Crippen LogP) is 7.54. The van der Waals surface area contributed by atoms with Crippen LogP contribution in [0.15, 0.2) is 60.7 Å². The number of fused-ring (bicyclic) bond motifs is 3. The average molecular weight is 401 g/mol. The lowest BCUT2D eigenvalue weighted by atomic mass is 9.82. The van der Waals surface area contributed by atoms with Gasteiger partial charge in [0.25, 0.3) is 0 Å². The highest BCUT2D eigenvalue weighted by molar-refractivity contribution is 6.83. The third-order valence-electron chi connectivity index (χ3n) is 5.45. The zero-order chi connectivity index (χ0) is 20.1. The Kier molecular flexibility index (Phi) is 4.53. The van der Waals surface area contributed by atoms with Crippen molar-refractivity contribution in [2.75, 3.05) is 0 Å². The number of hydrogen-bond acceptors (Lipinski definition) is 0. The third-order valence-corrected chi connectivity index (χ3v) is 6.56. The summed E-state index contributed by atoms with van der Waals surface area (Å²) in [5.74, 6) is 3.42. The molecule has 1 aliphatic carbocycles. The standard InChI is InChI=1S/C26H25ClSi/c1-26(2)24-9-7-6-8-22(24)23-17-18(10-13-25(23)26)21-12-11-20(27)16-19(21)14-15-28(3,4)5/h6-13,16-17H,1-5H3. The Balaban J connectivity index is 1.90. The van der Waals surface area contributed by atoms with E-state index in [-0.39, 0.29) is 5.41 Å². The van der Waals surface area contributed by atoms with Crippen LogP contribution in [0.25, 0.3) is 22.3 Å². The van der Waals surface area contributed by atoms with Gasteiger partial charge in [-0.2, -0.15) is 0 Å². The smallest absolute Gasteiger partial charge is 0.127 e. The molecule has 0 nitrogen and oxygen atoms in total. The number of benzene rings is 3. The van der Waals surface area contributed by atoms with Crippen molar-refractivity contribution in [3.05, 3.63) is 82.4 Å². The minimum absolute atomic E-state index is 0.0327. The van der Waals surface area contributed by atoms with Gasteiger partial charge in [0.2, 0.25) is 0 Å². The van der Waals surface area contributed by atoms with Crippen LogP contribution >= 0.6 is 11.6 Å². The molecule has 3 aromatic rings. The molecule has 140 valence electrons. The Morgan fingerprint density at radius 3 is 2.25 bits per heavy atom. The molecule has 0 aliphatic heterocycles. The summed E-state index contributed by atoms with van der Waals surface area (Å²) in [6, 6.07) is 21.7. The monoisotopic (exact) mass is 400 g/mol. The van der Waals surface area contributed by atoms with E-state index in [0.29, 0.717) is 0 Å². The fourth-order valence-electron chi connectivity index (χ4n) is 4.01. The quantitative estimate of drug-likeness (QED) is 0.292. The van der Waals surface area contributed by atoms with Gasteiger partial charge in [0.15, 0.2) is 0 Å². The summed E-state index contributed by atoms with van der Waals surface area (Å²) in [5.41, 5.74) is 12.3. The van der Waals surface area contributed by atoms with Gasteiger partial charge in [0, 0.05) is 16.0 Å². The van der Waals surface area contributed by atoms with Crippen LogP contribution in [0.3, 0.4) is 0 Å². The van der Waals surface area contributed by atoms with Gasteiger partial charge in [-0.15, -0.1) is 5.54 Å². The Bertz CT molecular complexity index is 1140. The van der Waals surface area contributed by atoms with Crippen molar-refractivity contribution < 1.29 is 0 Å². The highest BCUT2D eigenvalue weighted by Gasteiger charge is 2.35. The fourth-order valence-corrected chi connectivity index (χ4v) is 4.70. The molecule has 0 bridgehead atoms. The van der Waals surface area contributed by atoms with E-state index in [1.807, 2.05) is 12.1 Å². The van der Waals surface area contributed by atoms with Crippen LogP contribution in [-0.2, 0) is 5.41 Å². The van der Waals surface area contributed by atoms with Crippen LogP contribution in [0.4, 0.5) is 0 Å². The van der Waals surface area contributed by atoms with Crippen molar-refractivity contribution in [2.24, 2.45) is 0 Å². The fraction of sp³-hybridized carbons (Fsp3) is 0.231. The first-order valence-electron chi connectivity index (χ1n) is 9.74. The van der Waals surface area contributed by atoms with Crippen molar-refractivity contribution >= 4 is 19.7 Å². The van der Waals surface area contributed by atoms with E-state index in [4.69, 9.17) is 11.6 Å². The van der Waals surface area contributed by atoms with Crippen LogP contribution in [0.5, 0.6) is 0 Å². The first kappa shape index (κ1) is 19.1. The molecule has 0 spiro atoms.